The number of allylic oxidation sites excluding steroid dienone is 1. The Kier molecular flexibility index (Phi) is 6.12. The number of aromatic nitrogens is 1. The van der Waals surface area contributed by atoms with Gasteiger partial charge in [-0.2, -0.15) is 4.57 Å². The molecule has 150 valence electrons. The Labute approximate surface area is 169 Å². The third-order valence-corrected chi connectivity index (χ3v) is 4.89. The molecule has 0 saturated heterocycles. The lowest BCUT2D eigenvalue weighted by atomic mass is 10.0. The molecule has 0 aliphatic heterocycles. The van der Waals surface area contributed by atoms with E-state index in [2.05, 4.69) is 18.7 Å². The van der Waals surface area contributed by atoms with Crippen molar-refractivity contribution in [3.05, 3.63) is 70.3 Å². The zero-order valence-corrected chi connectivity index (χ0v) is 16.9. The zero-order chi connectivity index (χ0) is 21.0. The number of hydrogen-bond donors (Lipinski definition) is 1. The van der Waals surface area contributed by atoms with Crippen molar-refractivity contribution in [2.24, 2.45) is 0 Å². The Hall–Kier alpha value is -3.41. The molecule has 3 rings (SSSR count). The summed E-state index contributed by atoms with van der Waals surface area (Å²) in [6.07, 6.45) is 5.28. The monoisotopic (exact) mass is 393 g/mol. The van der Waals surface area contributed by atoms with Crippen LogP contribution in [0.25, 0.3) is 22.6 Å². The van der Waals surface area contributed by atoms with Crippen LogP contribution in [0.5, 0.6) is 0 Å². The van der Waals surface area contributed by atoms with Gasteiger partial charge in [0.05, 0.1) is 5.56 Å². The molecule has 1 N–H and O–H groups in total. The first-order valence-corrected chi connectivity index (χ1v) is 9.63. The van der Waals surface area contributed by atoms with Crippen LogP contribution in [0.4, 0.5) is 5.69 Å². The summed E-state index contributed by atoms with van der Waals surface area (Å²) < 4.78 is 7.18. The summed E-state index contributed by atoms with van der Waals surface area (Å²) in [4.78, 5) is 25.5. The quantitative estimate of drug-likeness (QED) is 0.491. The van der Waals surface area contributed by atoms with Gasteiger partial charge < -0.3 is 14.4 Å². The highest BCUT2D eigenvalue weighted by Gasteiger charge is 2.11. The number of carboxylic acid groups (broad SMARTS) is 1. The van der Waals surface area contributed by atoms with Crippen LogP contribution in [0, 0.1) is 0 Å². The molecule has 0 aliphatic rings. The standard InChI is InChI=1S/C23H24N2O4/c1-4-25(5-2)19-7-6-18-13-20(23(28)29-21(18)14-19)16(3)12-17-8-10-24(11-9-17)15-22(26)27/h6-14H,4-5,15H2,1-3H3/p+1. The van der Waals surface area contributed by atoms with Gasteiger partial charge in [0.25, 0.3) is 0 Å². The molecule has 3 aromatic rings. The van der Waals surface area contributed by atoms with Crippen molar-refractivity contribution in [2.45, 2.75) is 27.3 Å². The molecule has 2 aromatic heterocycles. The van der Waals surface area contributed by atoms with E-state index in [1.807, 2.05) is 49.4 Å². The summed E-state index contributed by atoms with van der Waals surface area (Å²) in [5.74, 6) is -0.896. The normalized spacial score (nSPS) is 11.6. The smallest absolute Gasteiger partial charge is 0.370 e. The summed E-state index contributed by atoms with van der Waals surface area (Å²) in [6, 6.07) is 11.4. The number of rotatable bonds is 7. The molecule has 29 heavy (non-hydrogen) atoms. The van der Waals surface area contributed by atoms with Crippen molar-refractivity contribution in [2.75, 3.05) is 18.0 Å². The van der Waals surface area contributed by atoms with Gasteiger partial charge in [0.15, 0.2) is 12.4 Å². The lowest BCUT2D eigenvalue weighted by Gasteiger charge is -2.21. The van der Waals surface area contributed by atoms with Gasteiger partial charge in [0.1, 0.15) is 5.58 Å². The average molecular weight is 393 g/mol. The SMILES string of the molecule is CCN(CC)c1ccc2cc(/C(C)=C/c3cc[n+](CC(=O)O)cc3)c(=O)oc2c1. The Bertz CT molecular complexity index is 1110. The first kappa shape index (κ1) is 20.3. The maximum Gasteiger partial charge on any atom is 0.370 e. The molecule has 6 heteroatoms. The van der Waals surface area contributed by atoms with E-state index in [-0.39, 0.29) is 12.2 Å². The second-order valence-corrected chi connectivity index (χ2v) is 6.87. The number of nitrogens with zero attached hydrogens (tertiary/aromatic N) is 2. The molecule has 0 aliphatic carbocycles. The number of anilines is 1. The second-order valence-electron chi connectivity index (χ2n) is 6.87. The minimum atomic E-state index is -0.896. The van der Waals surface area contributed by atoms with E-state index >= 15 is 0 Å². The molecule has 0 spiro atoms. The van der Waals surface area contributed by atoms with E-state index < -0.39 is 5.97 Å². The van der Waals surface area contributed by atoms with Crippen molar-refractivity contribution in [3.63, 3.8) is 0 Å². The summed E-state index contributed by atoms with van der Waals surface area (Å²) in [7, 11) is 0. The lowest BCUT2D eigenvalue weighted by Crippen LogP contribution is -2.36. The van der Waals surface area contributed by atoms with Gasteiger partial charge in [0.2, 0.25) is 6.54 Å². The molecule has 6 nitrogen and oxygen atoms in total. The van der Waals surface area contributed by atoms with E-state index in [0.717, 1.165) is 35.3 Å². The molecule has 0 amide bonds. The number of pyridine rings is 1. The van der Waals surface area contributed by atoms with Crippen LogP contribution in [0.2, 0.25) is 0 Å². The predicted molar refractivity (Wildman–Crippen MR) is 114 cm³/mol. The lowest BCUT2D eigenvalue weighted by molar-refractivity contribution is -0.685. The minimum absolute atomic E-state index is 0.0906. The molecule has 0 radical (unpaired) electrons. The van der Waals surface area contributed by atoms with Gasteiger partial charge >= 0.3 is 11.6 Å². The molecule has 0 bridgehead atoms. The Morgan fingerprint density at radius 2 is 1.83 bits per heavy atom. The van der Waals surface area contributed by atoms with E-state index in [1.54, 1.807) is 17.0 Å². The Morgan fingerprint density at radius 1 is 1.14 bits per heavy atom. The fraction of sp³-hybridized carbons (Fsp3) is 0.261. The number of hydrogen-bond acceptors (Lipinski definition) is 4. The highest BCUT2D eigenvalue weighted by Crippen LogP contribution is 2.24. The van der Waals surface area contributed by atoms with Crippen molar-refractivity contribution < 1.29 is 18.9 Å². The molecule has 0 fully saturated rings. The van der Waals surface area contributed by atoms with Gasteiger partial charge in [-0.25, -0.2) is 9.59 Å². The average Bonchev–Trinajstić information content (AvgIpc) is 2.69. The first-order chi connectivity index (χ1) is 13.9. The molecular weight excluding hydrogens is 368 g/mol. The van der Waals surface area contributed by atoms with E-state index in [0.29, 0.717) is 11.1 Å². The number of carboxylic acids is 1. The predicted octanol–water partition coefficient (Wildman–Crippen LogP) is 3.57. The van der Waals surface area contributed by atoms with Crippen molar-refractivity contribution >= 4 is 34.3 Å². The van der Waals surface area contributed by atoms with Crippen LogP contribution in [-0.2, 0) is 11.3 Å². The minimum Gasteiger partial charge on any atom is -0.477 e. The topological polar surface area (TPSA) is 74.6 Å². The number of carbonyl (C=O) groups is 1. The molecule has 0 unspecified atom stereocenters. The summed E-state index contributed by atoms with van der Waals surface area (Å²) in [5, 5.41) is 9.71. The van der Waals surface area contributed by atoms with Gasteiger partial charge in [0, 0.05) is 42.4 Å². The Morgan fingerprint density at radius 3 is 2.45 bits per heavy atom. The third-order valence-electron chi connectivity index (χ3n) is 4.89. The largest absolute Gasteiger partial charge is 0.477 e. The number of fused-ring (bicyclic) bond motifs is 1. The molecule has 0 saturated carbocycles. The molecule has 2 heterocycles. The van der Waals surface area contributed by atoms with Crippen molar-refractivity contribution in [1.82, 2.24) is 0 Å². The van der Waals surface area contributed by atoms with Crippen LogP contribution in [-0.4, -0.2) is 24.2 Å². The maximum atomic E-state index is 12.6. The highest BCUT2D eigenvalue weighted by molar-refractivity contribution is 5.86. The van der Waals surface area contributed by atoms with Gasteiger partial charge in [-0.15, -0.1) is 0 Å². The number of benzene rings is 1. The van der Waals surface area contributed by atoms with E-state index in [4.69, 9.17) is 9.52 Å². The van der Waals surface area contributed by atoms with Crippen LogP contribution in [0.15, 0.2) is 58.0 Å². The second kappa shape index (κ2) is 8.73. The molecular formula is C23H25N2O4+. The maximum absolute atomic E-state index is 12.6. The van der Waals surface area contributed by atoms with E-state index in [9.17, 15) is 9.59 Å². The van der Waals surface area contributed by atoms with Gasteiger partial charge in [-0.3, -0.25) is 0 Å². The van der Waals surface area contributed by atoms with Crippen LogP contribution >= 0.6 is 0 Å². The van der Waals surface area contributed by atoms with Gasteiger partial charge in [-0.1, -0.05) is 6.08 Å². The molecule has 0 atom stereocenters. The van der Waals surface area contributed by atoms with Crippen molar-refractivity contribution in [3.8, 4) is 0 Å². The zero-order valence-electron chi connectivity index (χ0n) is 16.9. The Balaban J connectivity index is 1.93. The summed E-state index contributed by atoms with van der Waals surface area (Å²) >= 11 is 0. The third kappa shape index (κ3) is 4.71. The fourth-order valence-electron chi connectivity index (χ4n) is 3.31. The first-order valence-electron chi connectivity index (χ1n) is 9.63. The van der Waals surface area contributed by atoms with Crippen LogP contribution in [0.1, 0.15) is 31.9 Å². The van der Waals surface area contributed by atoms with Crippen LogP contribution < -0.4 is 15.1 Å². The summed E-state index contributed by atoms with van der Waals surface area (Å²) in [6.45, 7) is 7.72. The number of aliphatic carboxylic acids is 1. The van der Waals surface area contributed by atoms with Crippen LogP contribution in [0.3, 0.4) is 0 Å². The van der Waals surface area contributed by atoms with Crippen molar-refractivity contribution in [1.29, 1.82) is 0 Å². The fourth-order valence-corrected chi connectivity index (χ4v) is 3.31. The highest BCUT2D eigenvalue weighted by atomic mass is 16.4. The van der Waals surface area contributed by atoms with E-state index in [1.165, 1.54) is 0 Å². The summed E-state index contributed by atoms with van der Waals surface area (Å²) in [5.41, 5.74) is 3.40. The van der Waals surface area contributed by atoms with Gasteiger partial charge in [-0.05, 0) is 50.1 Å². The molecule has 1 aromatic carbocycles.